The average molecular weight is 334 g/mol. The minimum absolute atomic E-state index is 0.0281. The monoisotopic (exact) mass is 334 g/mol. The third kappa shape index (κ3) is 2.62. The van der Waals surface area contributed by atoms with Gasteiger partial charge in [-0.15, -0.1) is 0 Å². The van der Waals surface area contributed by atoms with Gasteiger partial charge in [0.1, 0.15) is 6.07 Å². The first kappa shape index (κ1) is 16.0. The molecule has 0 spiro atoms. The van der Waals surface area contributed by atoms with Crippen LogP contribution in [0.25, 0.3) is 0 Å². The lowest BCUT2D eigenvalue weighted by Gasteiger charge is -2.34. The highest BCUT2D eigenvalue weighted by atomic mass is 32.2. The maximum absolute atomic E-state index is 12.7. The van der Waals surface area contributed by atoms with E-state index in [1.54, 1.807) is 12.1 Å². The van der Waals surface area contributed by atoms with E-state index >= 15 is 0 Å². The molecule has 0 amide bonds. The molecule has 7 heteroatoms. The molecular weight excluding hydrogens is 316 g/mol. The Hall–Kier alpha value is -1.91. The maximum atomic E-state index is 12.7. The van der Waals surface area contributed by atoms with Gasteiger partial charge in [-0.2, -0.15) is 9.57 Å². The highest BCUT2D eigenvalue weighted by Gasteiger charge is 2.56. The molecule has 0 radical (unpaired) electrons. The summed E-state index contributed by atoms with van der Waals surface area (Å²) in [7, 11) is -3.71. The van der Waals surface area contributed by atoms with Crippen LogP contribution in [0.5, 0.6) is 0 Å². The van der Waals surface area contributed by atoms with Crippen LogP contribution in [0, 0.1) is 22.7 Å². The summed E-state index contributed by atoms with van der Waals surface area (Å²) in [6, 6.07) is 8.08. The Bertz CT molecular complexity index is 770. The maximum Gasteiger partial charge on any atom is 0.309 e. The molecule has 3 rings (SSSR count). The minimum Gasteiger partial charge on any atom is -0.481 e. The van der Waals surface area contributed by atoms with Crippen molar-refractivity contribution in [1.82, 2.24) is 4.31 Å². The summed E-state index contributed by atoms with van der Waals surface area (Å²) >= 11 is 0. The van der Waals surface area contributed by atoms with E-state index in [2.05, 4.69) is 0 Å². The van der Waals surface area contributed by atoms with Gasteiger partial charge < -0.3 is 5.11 Å². The predicted octanol–water partition coefficient (Wildman–Crippen LogP) is 1.82. The fraction of sp³-hybridized carbons (Fsp3) is 0.500. The highest BCUT2D eigenvalue weighted by Crippen LogP contribution is 2.55. The van der Waals surface area contributed by atoms with Crippen LogP contribution in [-0.2, 0) is 14.8 Å². The fourth-order valence-corrected chi connectivity index (χ4v) is 5.12. The molecule has 1 N–H and O–H groups in total. The van der Waals surface area contributed by atoms with E-state index in [4.69, 9.17) is 5.26 Å². The van der Waals surface area contributed by atoms with Crippen molar-refractivity contribution in [2.24, 2.45) is 11.3 Å². The number of aliphatic carboxylic acids is 1. The number of carbonyl (C=O) groups is 1. The minimum atomic E-state index is -3.71. The first-order valence-electron chi connectivity index (χ1n) is 7.64. The van der Waals surface area contributed by atoms with Gasteiger partial charge in [0.05, 0.1) is 15.9 Å². The fourth-order valence-electron chi connectivity index (χ4n) is 3.50. The summed E-state index contributed by atoms with van der Waals surface area (Å²) < 4.78 is 26.8. The molecule has 0 atom stereocenters. The summed E-state index contributed by atoms with van der Waals surface area (Å²) in [5, 5.41) is 18.5. The second kappa shape index (κ2) is 5.62. The van der Waals surface area contributed by atoms with E-state index in [1.165, 1.54) is 16.4 Å². The van der Waals surface area contributed by atoms with Gasteiger partial charge in [-0.25, -0.2) is 8.42 Å². The van der Waals surface area contributed by atoms with Crippen LogP contribution >= 0.6 is 0 Å². The van der Waals surface area contributed by atoms with Gasteiger partial charge >= 0.3 is 5.97 Å². The van der Waals surface area contributed by atoms with Crippen LogP contribution in [-0.4, -0.2) is 36.9 Å². The number of hydrogen-bond acceptors (Lipinski definition) is 4. The summed E-state index contributed by atoms with van der Waals surface area (Å²) in [6.45, 7) is 0.615. The van der Waals surface area contributed by atoms with Crippen molar-refractivity contribution >= 4 is 16.0 Å². The molecule has 6 nitrogen and oxygen atoms in total. The molecule has 2 fully saturated rings. The molecule has 0 bridgehead atoms. The lowest BCUT2D eigenvalue weighted by Crippen LogP contribution is -2.42. The molecule has 0 aromatic heterocycles. The zero-order chi connectivity index (χ0) is 16.7. The van der Waals surface area contributed by atoms with Crippen LogP contribution < -0.4 is 0 Å². The number of benzene rings is 1. The van der Waals surface area contributed by atoms with Crippen LogP contribution in [0.15, 0.2) is 29.2 Å². The standard InChI is InChI=1S/C16H18N2O4S/c17-11-12-3-1-2-4-14(12)23(21,22)18-9-5-13(6-10-18)16(7-8-16)15(19)20/h1-4,13H,5-10H2,(H,19,20). The Morgan fingerprint density at radius 3 is 2.39 bits per heavy atom. The molecule has 2 aliphatic rings. The van der Waals surface area contributed by atoms with E-state index in [1.807, 2.05) is 6.07 Å². The van der Waals surface area contributed by atoms with E-state index in [0.29, 0.717) is 38.8 Å². The molecular formula is C16H18N2O4S. The number of carboxylic acids is 1. The van der Waals surface area contributed by atoms with Gasteiger partial charge in [0.2, 0.25) is 10.0 Å². The van der Waals surface area contributed by atoms with Crippen LogP contribution in [0.2, 0.25) is 0 Å². The van der Waals surface area contributed by atoms with Crippen LogP contribution in [0.4, 0.5) is 0 Å². The van der Waals surface area contributed by atoms with Crippen molar-refractivity contribution < 1.29 is 18.3 Å². The van der Waals surface area contributed by atoms with Gasteiger partial charge in [0.15, 0.2) is 0 Å². The highest BCUT2D eigenvalue weighted by molar-refractivity contribution is 7.89. The van der Waals surface area contributed by atoms with Gasteiger partial charge in [-0.3, -0.25) is 4.79 Å². The van der Waals surface area contributed by atoms with Crippen molar-refractivity contribution in [2.45, 2.75) is 30.6 Å². The number of carboxylic acid groups (broad SMARTS) is 1. The smallest absolute Gasteiger partial charge is 0.309 e. The van der Waals surface area contributed by atoms with E-state index in [0.717, 1.165) is 0 Å². The molecule has 122 valence electrons. The van der Waals surface area contributed by atoms with Crippen molar-refractivity contribution in [3.8, 4) is 6.07 Å². The van der Waals surface area contributed by atoms with Gasteiger partial charge in [0, 0.05) is 13.1 Å². The Kier molecular flexibility index (Phi) is 3.90. The molecule has 1 aromatic rings. The molecule has 1 saturated heterocycles. The van der Waals surface area contributed by atoms with Crippen LogP contribution in [0.3, 0.4) is 0 Å². The lowest BCUT2D eigenvalue weighted by molar-refractivity contribution is -0.146. The third-order valence-corrected chi connectivity index (χ3v) is 7.03. The van der Waals surface area contributed by atoms with Gasteiger partial charge in [-0.1, -0.05) is 12.1 Å². The number of nitrogens with zero attached hydrogens (tertiary/aromatic N) is 2. The molecule has 1 aliphatic carbocycles. The molecule has 1 aromatic carbocycles. The predicted molar refractivity (Wildman–Crippen MR) is 81.9 cm³/mol. The Morgan fingerprint density at radius 2 is 1.87 bits per heavy atom. The topological polar surface area (TPSA) is 98.5 Å². The lowest BCUT2D eigenvalue weighted by atomic mass is 9.82. The Balaban J connectivity index is 1.77. The van der Waals surface area contributed by atoms with E-state index in [9.17, 15) is 18.3 Å². The largest absolute Gasteiger partial charge is 0.481 e. The van der Waals surface area contributed by atoms with Gasteiger partial charge in [-0.05, 0) is 43.7 Å². The van der Waals surface area contributed by atoms with Crippen molar-refractivity contribution in [1.29, 1.82) is 5.26 Å². The zero-order valence-electron chi connectivity index (χ0n) is 12.6. The van der Waals surface area contributed by atoms with Crippen molar-refractivity contribution in [3.05, 3.63) is 29.8 Å². The number of nitriles is 1. The molecule has 1 saturated carbocycles. The average Bonchev–Trinajstić information content (AvgIpc) is 3.37. The molecule has 1 heterocycles. The Labute approximate surface area is 135 Å². The normalized spacial score (nSPS) is 21.5. The molecule has 1 aliphatic heterocycles. The van der Waals surface area contributed by atoms with Crippen molar-refractivity contribution in [2.75, 3.05) is 13.1 Å². The second-order valence-corrected chi connectivity index (χ2v) is 8.15. The van der Waals surface area contributed by atoms with Gasteiger partial charge in [0.25, 0.3) is 0 Å². The summed E-state index contributed by atoms with van der Waals surface area (Å²) in [4.78, 5) is 11.4. The molecule has 0 unspecified atom stereocenters. The molecule has 23 heavy (non-hydrogen) atoms. The summed E-state index contributed by atoms with van der Waals surface area (Å²) in [6.07, 6.45) is 2.49. The van der Waals surface area contributed by atoms with Crippen molar-refractivity contribution in [3.63, 3.8) is 0 Å². The first-order chi connectivity index (χ1) is 10.9. The Morgan fingerprint density at radius 1 is 1.26 bits per heavy atom. The zero-order valence-corrected chi connectivity index (χ0v) is 13.4. The number of rotatable bonds is 4. The number of sulfonamides is 1. The number of piperidine rings is 1. The van der Waals surface area contributed by atoms with Crippen LogP contribution in [0.1, 0.15) is 31.2 Å². The number of hydrogen-bond donors (Lipinski definition) is 1. The van der Waals surface area contributed by atoms with E-state index < -0.39 is 21.4 Å². The quantitative estimate of drug-likeness (QED) is 0.905. The summed E-state index contributed by atoms with van der Waals surface area (Å²) in [5.74, 6) is -0.716. The summed E-state index contributed by atoms with van der Waals surface area (Å²) in [5.41, 5.74) is -0.487. The third-order valence-electron chi connectivity index (χ3n) is 5.08. The second-order valence-electron chi connectivity index (χ2n) is 6.25. The SMILES string of the molecule is N#Cc1ccccc1S(=O)(=O)N1CCC(C2(C(=O)O)CC2)CC1. The van der Waals surface area contributed by atoms with E-state index in [-0.39, 0.29) is 16.4 Å². The first-order valence-corrected chi connectivity index (χ1v) is 9.08.